The molecule has 1 amide bonds. The Balaban J connectivity index is 0.00000133. The van der Waals surface area contributed by atoms with Gasteiger partial charge in [-0.25, -0.2) is 9.59 Å². The lowest BCUT2D eigenvalue weighted by Gasteiger charge is -2.34. The fraction of sp³-hybridized carbons (Fsp3) is 0.514. The Hall–Kier alpha value is -6.75. The van der Waals surface area contributed by atoms with Crippen molar-refractivity contribution in [2.75, 3.05) is 26.4 Å². The predicted molar refractivity (Wildman–Crippen MR) is 336 cm³/mol. The first-order valence-corrected chi connectivity index (χ1v) is 27.9. The number of benzene rings is 4. The molecule has 4 aromatic rings. The summed E-state index contributed by atoms with van der Waals surface area (Å²) >= 11 is 0. The van der Waals surface area contributed by atoms with E-state index in [1.807, 2.05) is 194 Å². The van der Waals surface area contributed by atoms with Crippen molar-refractivity contribution in [1.82, 2.24) is 5.32 Å². The van der Waals surface area contributed by atoms with Crippen LogP contribution in [0, 0.1) is 21.7 Å². The summed E-state index contributed by atoms with van der Waals surface area (Å²) in [6.45, 7) is 37.8. The molecule has 0 radical (unpaired) electrons. The molecule has 0 bridgehead atoms. The topological polar surface area (TPSA) is 175 Å². The van der Waals surface area contributed by atoms with Crippen molar-refractivity contribution in [2.24, 2.45) is 26.7 Å². The van der Waals surface area contributed by atoms with Crippen LogP contribution in [0.15, 0.2) is 127 Å². The van der Waals surface area contributed by atoms with Gasteiger partial charge in [-0.05, 0) is 179 Å². The van der Waals surface area contributed by atoms with Gasteiger partial charge in [-0.3, -0.25) is 19.2 Å². The fourth-order valence-electron chi connectivity index (χ4n) is 9.31. The van der Waals surface area contributed by atoms with E-state index < -0.39 is 38.8 Å². The number of aliphatic imine (C=N–C) groups is 1. The van der Waals surface area contributed by atoms with Gasteiger partial charge in [0, 0.05) is 10.8 Å². The maximum Gasteiger partial charge on any atom is 0.407 e. The molecule has 12 nitrogen and oxygen atoms in total. The molecule has 0 aliphatic heterocycles. The Morgan fingerprint density at radius 1 is 0.549 bits per heavy atom. The Kier molecular flexibility index (Phi) is 31.2. The molecule has 0 spiro atoms. The minimum absolute atomic E-state index is 0. The summed E-state index contributed by atoms with van der Waals surface area (Å²) in [6, 6.07) is 35.8. The van der Waals surface area contributed by atoms with Crippen molar-refractivity contribution >= 4 is 46.8 Å². The molecule has 0 fully saturated rings. The maximum atomic E-state index is 13.1. The van der Waals surface area contributed by atoms with E-state index in [1.54, 1.807) is 19.9 Å². The number of hydrogen-bond donors (Lipinski definition) is 2. The summed E-state index contributed by atoms with van der Waals surface area (Å²) in [5, 5.41) is 11.8. The number of Topliss-reactive ketones (excluding diaryl/α,β-unsaturated/α-hetero) is 2. The molecule has 4 aromatic carbocycles. The summed E-state index contributed by atoms with van der Waals surface area (Å²) in [5.41, 5.74) is 4.60. The molecule has 82 heavy (non-hydrogen) atoms. The number of hydrogen-bond acceptors (Lipinski definition) is 11. The SMILES string of the molecule is C.C.C=C(C)c1cccc(C(C)(C)N=C=O)c1.C=C(C)c1cccc(C(C)(C)NC(=O)OCCOC(=O)C(C)(C)CC(CC(C)(CC)C(C)=O)c2ccccc2)c1.CCC(C)(CC(CC(C)(C)C(=O)OCCO)c1ccccc1)C(C)=O. The van der Waals surface area contributed by atoms with Crippen molar-refractivity contribution in [2.45, 2.75) is 187 Å². The molecule has 0 aromatic heterocycles. The van der Waals surface area contributed by atoms with Crippen LogP contribution in [0.3, 0.4) is 0 Å². The van der Waals surface area contributed by atoms with Crippen molar-refractivity contribution in [3.8, 4) is 0 Å². The lowest BCUT2D eigenvalue weighted by molar-refractivity contribution is -0.156. The van der Waals surface area contributed by atoms with E-state index in [4.69, 9.17) is 19.3 Å². The second-order valence-electron chi connectivity index (χ2n) is 24.1. The molecule has 452 valence electrons. The van der Waals surface area contributed by atoms with Crippen LogP contribution in [0.4, 0.5) is 4.79 Å². The van der Waals surface area contributed by atoms with Gasteiger partial charge in [-0.1, -0.05) is 164 Å². The van der Waals surface area contributed by atoms with Gasteiger partial charge in [0.15, 0.2) is 0 Å². The molecule has 4 unspecified atom stereocenters. The molecular weight excluding hydrogens is 1030 g/mol. The zero-order valence-corrected chi connectivity index (χ0v) is 51.1. The highest BCUT2D eigenvalue weighted by molar-refractivity contribution is 5.82. The average Bonchev–Trinajstić information content (AvgIpc) is 3.41. The number of carbonyl (C=O) groups is 5. The number of esters is 2. The summed E-state index contributed by atoms with van der Waals surface area (Å²) in [4.78, 5) is 76.7. The Morgan fingerprint density at radius 3 is 1.29 bits per heavy atom. The lowest BCUT2D eigenvalue weighted by Crippen LogP contribution is -2.41. The van der Waals surface area contributed by atoms with Crippen LogP contribution in [0.5, 0.6) is 0 Å². The van der Waals surface area contributed by atoms with E-state index in [9.17, 15) is 28.8 Å². The van der Waals surface area contributed by atoms with Gasteiger partial charge in [-0.15, -0.1) is 0 Å². The summed E-state index contributed by atoms with van der Waals surface area (Å²) in [7, 11) is 0. The van der Waals surface area contributed by atoms with E-state index >= 15 is 0 Å². The number of allylic oxidation sites excluding steroid dienone is 2. The Labute approximate surface area is 494 Å². The van der Waals surface area contributed by atoms with E-state index in [0.717, 1.165) is 57.4 Å². The van der Waals surface area contributed by atoms with Gasteiger partial charge < -0.3 is 24.6 Å². The van der Waals surface area contributed by atoms with Crippen LogP contribution < -0.4 is 5.32 Å². The van der Waals surface area contributed by atoms with Crippen LogP contribution in [-0.4, -0.2) is 67.2 Å². The van der Waals surface area contributed by atoms with Crippen LogP contribution >= 0.6 is 0 Å². The normalized spacial score (nSPS) is 13.4. The van der Waals surface area contributed by atoms with Crippen molar-refractivity contribution < 1.29 is 48.1 Å². The number of amides is 1. The van der Waals surface area contributed by atoms with Crippen molar-refractivity contribution in [1.29, 1.82) is 0 Å². The average molecular weight is 1130 g/mol. The van der Waals surface area contributed by atoms with Gasteiger partial charge in [0.05, 0.1) is 28.5 Å². The van der Waals surface area contributed by atoms with E-state index in [-0.39, 0.29) is 76.6 Å². The number of nitrogens with one attached hydrogen (secondary N) is 1. The number of nitrogens with zero attached hydrogens (tertiary/aromatic N) is 1. The number of aliphatic hydroxyl groups is 1. The van der Waals surface area contributed by atoms with Gasteiger partial charge in [0.1, 0.15) is 31.4 Å². The number of carbonyl (C=O) groups excluding carboxylic acids is 6. The standard InChI is InChI=1S/C34H47NO5.C21H32O4.C13H15NO.2CH4/c1-10-34(9,25(4)36)23-28(26-15-12-11-13-16-26)22-32(5,6)30(37)39-19-20-40-31(38)35-33(7,8)29-18-14-17-27(21-29)24(2)3;1-6-21(5,16(2)23)15-18(17-10-8-7-9-11-17)14-20(3,4)19(24)25-13-12-22;1-10(2)11-6-5-7-12(8-11)13(3,4)14-9-15;;/h11-18,21,28H,2,10,19-20,22-23H2,1,3-9H3,(H,35,38);7-11,18,22H,6,12-15H2,1-5H3;5-8H,1H2,2-4H3;2*1H4. The van der Waals surface area contributed by atoms with Crippen LogP contribution in [0.1, 0.15) is 209 Å². The molecule has 4 atom stereocenters. The Morgan fingerprint density at radius 2 is 0.927 bits per heavy atom. The van der Waals surface area contributed by atoms with Gasteiger partial charge in [0.2, 0.25) is 6.08 Å². The number of aliphatic hydroxyl groups excluding tert-OH is 1. The molecular formula is C70H102N2O10. The molecule has 0 saturated carbocycles. The van der Waals surface area contributed by atoms with Crippen LogP contribution in [-0.2, 0) is 49.3 Å². The highest BCUT2D eigenvalue weighted by Gasteiger charge is 2.40. The quantitative estimate of drug-likeness (QED) is 0.0192. The molecule has 12 heteroatoms. The molecule has 0 heterocycles. The van der Waals surface area contributed by atoms with Gasteiger partial charge in [-0.2, -0.15) is 4.99 Å². The third-order valence-electron chi connectivity index (χ3n) is 15.6. The summed E-state index contributed by atoms with van der Waals surface area (Å²) in [5.74, 6) is -0.272. The first-order valence-electron chi connectivity index (χ1n) is 27.9. The second-order valence-corrected chi connectivity index (χ2v) is 24.1. The summed E-state index contributed by atoms with van der Waals surface area (Å²) < 4.78 is 16.0. The van der Waals surface area contributed by atoms with E-state index in [1.165, 1.54) is 0 Å². The number of isocyanates is 1. The molecule has 0 aliphatic carbocycles. The zero-order chi connectivity index (χ0) is 60.7. The van der Waals surface area contributed by atoms with E-state index in [2.05, 4.69) is 35.6 Å². The van der Waals surface area contributed by atoms with Gasteiger partial charge >= 0.3 is 18.0 Å². The third kappa shape index (κ3) is 23.6. The number of rotatable bonds is 27. The minimum atomic E-state index is -0.801. The highest BCUT2D eigenvalue weighted by atomic mass is 16.6. The molecule has 0 aliphatic rings. The van der Waals surface area contributed by atoms with E-state index in [0.29, 0.717) is 25.7 Å². The monoisotopic (exact) mass is 1130 g/mol. The zero-order valence-electron chi connectivity index (χ0n) is 51.1. The Bertz CT molecular complexity index is 2740. The second kappa shape index (κ2) is 34.0. The van der Waals surface area contributed by atoms with Crippen molar-refractivity contribution in [3.63, 3.8) is 0 Å². The molecule has 4 rings (SSSR count). The predicted octanol–water partition coefficient (Wildman–Crippen LogP) is 16.5. The number of ketones is 2. The first kappa shape index (κ1) is 75.2. The van der Waals surface area contributed by atoms with Crippen LogP contribution in [0.2, 0.25) is 0 Å². The number of ether oxygens (including phenoxy) is 3. The molecule has 0 saturated heterocycles. The van der Waals surface area contributed by atoms with Gasteiger partial charge in [0.25, 0.3) is 0 Å². The highest BCUT2D eigenvalue weighted by Crippen LogP contribution is 2.44. The van der Waals surface area contributed by atoms with Crippen LogP contribution in [0.25, 0.3) is 11.1 Å². The fourth-order valence-corrected chi connectivity index (χ4v) is 9.31. The van der Waals surface area contributed by atoms with Crippen molar-refractivity contribution in [3.05, 3.63) is 156 Å². The number of alkyl carbamates (subject to hydrolysis) is 1. The lowest BCUT2D eigenvalue weighted by atomic mass is 9.69. The smallest absolute Gasteiger partial charge is 0.407 e. The largest absolute Gasteiger partial charge is 0.463 e. The summed E-state index contributed by atoms with van der Waals surface area (Å²) in [6.07, 6.45) is 4.96. The first-order chi connectivity index (χ1) is 37.2. The minimum Gasteiger partial charge on any atom is -0.463 e. The third-order valence-corrected chi connectivity index (χ3v) is 15.6. The maximum absolute atomic E-state index is 13.1. The molecule has 2 N–H and O–H groups in total.